The smallest absolute Gasteiger partial charge is 0.318 e. The molecule has 3 amide bonds. The van der Waals surface area contributed by atoms with E-state index < -0.39 is 41.6 Å². The second-order valence-electron chi connectivity index (χ2n) is 4.87. The summed E-state index contributed by atoms with van der Waals surface area (Å²) in [5.41, 5.74) is 4.83. The lowest BCUT2D eigenvalue weighted by Crippen LogP contribution is -2.45. The minimum atomic E-state index is -1.21. The summed E-state index contributed by atoms with van der Waals surface area (Å²) in [7, 11) is 0. The number of primary amides is 1. The van der Waals surface area contributed by atoms with Crippen molar-refractivity contribution in [2.45, 2.75) is 24.8 Å². The highest BCUT2D eigenvalue weighted by molar-refractivity contribution is 8.00. The lowest BCUT2D eigenvalue weighted by atomic mass is 10.1. The summed E-state index contributed by atoms with van der Waals surface area (Å²) in [6.45, 7) is 3.22. The van der Waals surface area contributed by atoms with Crippen LogP contribution in [0.5, 0.6) is 0 Å². The van der Waals surface area contributed by atoms with Crippen LogP contribution in [0, 0.1) is 17.6 Å². The van der Waals surface area contributed by atoms with Gasteiger partial charge in [-0.25, -0.2) is 13.6 Å². The number of carbonyl (C=O) groups excluding carboxylic acids is 3. The molecule has 0 aliphatic heterocycles. The first kappa shape index (κ1) is 18.9. The molecular weight excluding hydrogens is 330 g/mol. The highest BCUT2D eigenvalue weighted by atomic mass is 32.2. The maximum Gasteiger partial charge on any atom is 0.318 e. The Morgan fingerprint density at radius 2 is 1.96 bits per heavy atom. The van der Waals surface area contributed by atoms with Gasteiger partial charge in [0, 0.05) is 4.90 Å². The average Bonchev–Trinajstić information content (AvgIpc) is 2.44. The Morgan fingerprint density at radius 3 is 2.52 bits per heavy atom. The number of urea groups is 1. The predicted molar refractivity (Wildman–Crippen MR) is 79.5 cm³/mol. The molecule has 3 N–H and O–H groups in total. The lowest BCUT2D eigenvalue weighted by Gasteiger charge is -2.19. The Labute approximate surface area is 135 Å². The SMILES string of the molecule is CC(C)[C@@H](OC(=O)CSc1cc(F)ccc1F)C(=O)NC(N)=O. The van der Waals surface area contributed by atoms with Crippen LogP contribution in [0.15, 0.2) is 23.1 Å². The second-order valence-corrected chi connectivity index (χ2v) is 5.89. The standard InChI is InChI=1S/C14H16F2N2O4S/c1-7(2)12(13(20)18-14(17)21)22-11(19)6-23-10-5-8(15)3-4-9(10)16/h3-5,7,12H,6H2,1-2H3,(H3,17,18,20,21)/t12-/m1/s1. The number of ether oxygens (including phenoxy) is 1. The third-order valence-electron chi connectivity index (χ3n) is 2.61. The molecule has 1 aromatic carbocycles. The molecular formula is C14H16F2N2O4S. The highest BCUT2D eigenvalue weighted by Crippen LogP contribution is 2.23. The molecule has 1 aromatic rings. The number of carbonyl (C=O) groups is 3. The Balaban J connectivity index is 2.64. The van der Waals surface area contributed by atoms with E-state index in [0.717, 1.165) is 30.0 Å². The van der Waals surface area contributed by atoms with Crippen molar-refractivity contribution in [1.82, 2.24) is 5.32 Å². The minimum Gasteiger partial charge on any atom is -0.451 e. The monoisotopic (exact) mass is 346 g/mol. The van der Waals surface area contributed by atoms with Crippen LogP contribution in [-0.4, -0.2) is 29.8 Å². The van der Waals surface area contributed by atoms with Gasteiger partial charge in [-0.3, -0.25) is 14.9 Å². The number of imide groups is 1. The van der Waals surface area contributed by atoms with Crippen LogP contribution in [0.25, 0.3) is 0 Å². The molecule has 0 fully saturated rings. The first-order valence-corrected chi connectivity index (χ1v) is 7.57. The van der Waals surface area contributed by atoms with Gasteiger partial charge in [0.05, 0.1) is 5.75 Å². The zero-order chi connectivity index (χ0) is 17.6. The number of rotatable bonds is 6. The molecule has 9 heteroatoms. The maximum absolute atomic E-state index is 13.4. The predicted octanol–water partition coefficient (Wildman–Crippen LogP) is 1.82. The van der Waals surface area contributed by atoms with E-state index in [4.69, 9.17) is 10.5 Å². The number of esters is 1. The van der Waals surface area contributed by atoms with Crippen LogP contribution >= 0.6 is 11.8 Å². The van der Waals surface area contributed by atoms with Gasteiger partial charge in [-0.2, -0.15) is 0 Å². The molecule has 1 atom stereocenters. The summed E-state index contributed by atoms with van der Waals surface area (Å²) in [6, 6.07) is 1.79. The van der Waals surface area contributed by atoms with Crippen molar-refractivity contribution in [3.63, 3.8) is 0 Å². The van der Waals surface area contributed by atoms with Gasteiger partial charge in [0.1, 0.15) is 11.6 Å². The van der Waals surface area contributed by atoms with Gasteiger partial charge < -0.3 is 10.5 Å². The Hall–Kier alpha value is -2.16. The summed E-state index contributed by atoms with van der Waals surface area (Å²) in [6.07, 6.45) is -1.21. The summed E-state index contributed by atoms with van der Waals surface area (Å²) < 4.78 is 31.4. The molecule has 126 valence electrons. The fraction of sp³-hybridized carbons (Fsp3) is 0.357. The third-order valence-corrected chi connectivity index (χ3v) is 3.61. The largest absolute Gasteiger partial charge is 0.451 e. The van der Waals surface area contributed by atoms with Crippen molar-refractivity contribution >= 4 is 29.7 Å². The van der Waals surface area contributed by atoms with Crippen molar-refractivity contribution in [3.05, 3.63) is 29.8 Å². The molecule has 1 rings (SSSR count). The average molecular weight is 346 g/mol. The van der Waals surface area contributed by atoms with E-state index in [-0.39, 0.29) is 10.6 Å². The van der Waals surface area contributed by atoms with Crippen LogP contribution in [0.3, 0.4) is 0 Å². The molecule has 0 aliphatic rings. The normalized spacial score (nSPS) is 11.9. The minimum absolute atomic E-state index is 0.0513. The van der Waals surface area contributed by atoms with E-state index in [1.807, 2.05) is 5.32 Å². The summed E-state index contributed by atoms with van der Waals surface area (Å²) >= 11 is 0.736. The zero-order valence-electron chi connectivity index (χ0n) is 12.5. The number of benzene rings is 1. The summed E-state index contributed by atoms with van der Waals surface area (Å²) in [5, 5.41) is 1.83. The van der Waals surface area contributed by atoms with Crippen LogP contribution in [-0.2, 0) is 14.3 Å². The second kappa shape index (κ2) is 8.47. The summed E-state index contributed by atoms with van der Waals surface area (Å²) in [5.74, 6) is -3.69. The van der Waals surface area contributed by atoms with Crippen molar-refractivity contribution in [2.24, 2.45) is 11.7 Å². The Morgan fingerprint density at radius 1 is 1.30 bits per heavy atom. The molecule has 0 saturated carbocycles. The van der Waals surface area contributed by atoms with Gasteiger partial charge in [-0.1, -0.05) is 13.8 Å². The van der Waals surface area contributed by atoms with Crippen LogP contribution in [0.1, 0.15) is 13.8 Å². The topological polar surface area (TPSA) is 98.5 Å². The van der Waals surface area contributed by atoms with Gasteiger partial charge in [-0.05, 0) is 24.1 Å². The molecule has 0 unspecified atom stereocenters. The molecule has 0 aromatic heterocycles. The molecule has 0 heterocycles. The Bertz CT molecular complexity index is 610. The molecule has 0 aliphatic carbocycles. The molecule has 0 saturated heterocycles. The molecule has 0 radical (unpaired) electrons. The quantitative estimate of drug-likeness (QED) is 0.605. The van der Waals surface area contributed by atoms with Gasteiger partial charge in [0.15, 0.2) is 6.10 Å². The maximum atomic E-state index is 13.4. The molecule has 0 bridgehead atoms. The van der Waals surface area contributed by atoms with Gasteiger partial charge in [0.25, 0.3) is 5.91 Å². The van der Waals surface area contributed by atoms with Gasteiger partial charge in [-0.15, -0.1) is 11.8 Å². The van der Waals surface area contributed by atoms with E-state index in [2.05, 4.69) is 0 Å². The summed E-state index contributed by atoms with van der Waals surface area (Å²) in [4.78, 5) is 34.1. The van der Waals surface area contributed by atoms with E-state index in [1.54, 1.807) is 13.8 Å². The van der Waals surface area contributed by atoms with Crippen LogP contribution in [0.4, 0.5) is 13.6 Å². The van der Waals surface area contributed by atoms with Crippen molar-refractivity contribution < 1.29 is 27.9 Å². The fourth-order valence-electron chi connectivity index (χ4n) is 1.59. The number of hydrogen-bond donors (Lipinski definition) is 2. The van der Waals surface area contributed by atoms with E-state index in [9.17, 15) is 23.2 Å². The zero-order valence-corrected chi connectivity index (χ0v) is 13.3. The first-order valence-electron chi connectivity index (χ1n) is 6.58. The van der Waals surface area contributed by atoms with Crippen LogP contribution < -0.4 is 11.1 Å². The number of nitrogens with one attached hydrogen (secondary N) is 1. The van der Waals surface area contributed by atoms with Crippen molar-refractivity contribution in [1.29, 1.82) is 0 Å². The number of halogens is 2. The van der Waals surface area contributed by atoms with Crippen LogP contribution in [0.2, 0.25) is 0 Å². The number of hydrogen-bond acceptors (Lipinski definition) is 5. The molecule has 23 heavy (non-hydrogen) atoms. The molecule has 6 nitrogen and oxygen atoms in total. The first-order chi connectivity index (χ1) is 10.7. The molecule has 0 spiro atoms. The number of thioether (sulfide) groups is 1. The van der Waals surface area contributed by atoms with E-state index in [1.165, 1.54) is 0 Å². The Kier molecular flexibility index (Phi) is 6.95. The number of nitrogens with two attached hydrogens (primary N) is 1. The van der Waals surface area contributed by atoms with E-state index in [0.29, 0.717) is 0 Å². The number of amides is 3. The third kappa shape index (κ3) is 6.23. The van der Waals surface area contributed by atoms with Crippen molar-refractivity contribution in [2.75, 3.05) is 5.75 Å². The lowest BCUT2D eigenvalue weighted by molar-refractivity contribution is -0.155. The fourth-order valence-corrected chi connectivity index (χ4v) is 2.33. The van der Waals surface area contributed by atoms with Crippen molar-refractivity contribution in [3.8, 4) is 0 Å². The van der Waals surface area contributed by atoms with Gasteiger partial charge >= 0.3 is 12.0 Å². The highest BCUT2D eigenvalue weighted by Gasteiger charge is 2.27. The van der Waals surface area contributed by atoms with Gasteiger partial charge in [0.2, 0.25) is 0 Å². The van der Waals surface area contributed by atoms with E-state index >= 15 is 0 Å².